The molecule has 1 amide bonds. The molecule has 2 unspecified atom stereocenters. The largest absolute Gasteiger partial charge is 0.348 e. The van der Waals surface area contributed by atoms with E-state index in [0.717, 1.165) is 10.4 Å². The third kappa shape index (κ3) is 3.52. The van der Waals surface area contributed by atoms with Gasteiger partial charge in [0, 0.05) is 4.88 Å². The van der Waals surface area contributed by atoms with Crippen LogP contribution in [0.1, 0.15) is 29.4 Å². The fourth-order valence-corrected chi connectivity index (χ4v) is 2.80. The van der Waals surface area contributed by atoms with Crippen molar-refractivity contribution in [3.05, 3.63) is 56.2 Å². The molecule has 3 N–H and O–H groups in total. The second-order valence-electron chi connectivity index (χ2n) is 4.40. The number of hydrogen-bond acceptors (Lipinski definition) is 3. The highest BCUT2D eigenvalue weighted by molar-refractivity contribution is 7.10. The third-order valence-corrected chi connectivity index (χ3v) is 4.63. The molecular formula is C14H14Cl2N2OS. The quantitative estimate of drug-likeness (QED) is 0.893. The van der Waals surface area contributed by atoms with E-state index < -0.39 is 6.04 Å². The van der Waals surface area contributed by atoms with E-state index in [1.165, 1.54) is 11.3 Å². The highest BCUT2D eigenvalue weighted by Crippen LogP contribution is 2.26. The summed E-state index contributed by atoms with van der Waals surface area (Å²) in [5, 5.41) is 5.72. The molecule has 0 saturated carbocycles. The number of nitrogens with two attached hydrogens (primary N) is 1. The van der Waals surface area contributed by atoms with Gasteiger partial charge in [-0.15, -0.1) is 11.3 Å². The van der Waals surface area contributed by atoms with Crippen LogP contribution in [-0.2, 0) is 4.79 Å². The average Bonchev–Trinajstić information content (AvgIpc) is 2.94. The summed E-state index contributed by atoms with van der Waals surface area (Å²) in [5.41, 5.74) is 6.80. The molecule has 106 valence electrons. The van der Waals surface area contributed by atoms with E-state index in [1.807, 2.05) is 30.5 Å². The van der Waals surface area contributed by atoms with Crippen molar-refractivity contribution < 1.29 is 4.79 Å². The van der Waals surface area contributed by atoms with E-state index in [9.17, 15) is 4.79 Å². The molecule has 0 saturated heterocycles. The second kappa shape index (κ2) is 6.59. The molecule has 1 heterocycles. The molecule has 1 aromatic heterocycles. The minimum atomic E-state index is -0.653. The van der Waals surface area contributed by atoms with Gasteiger partial charge in [0.1, 0.15) is 6.04 Å². The Hall–Kier alpha value is -1.07. The van der Waals surface area contributed by atoms with Crippen LogP contribution in [-0.4, -0.2) is 5.91 Å². The van der Waals surface area contributed by atoms with Crippen molar-refractivity contribution >= 4 is 40.4 Å². The van der Waals surface area contributed by atoms with Crippen LogP contribution in [0.25, 0.3) is 0 Å². The van der Waals surface area contributed by atoms with Gasteiger partial charge >= 0.3 is 0 Å². The molecule has 2 aromatic rings. The highest BCUT2D eigenvalue weighted by atomic mass is 35.5. The van der Waals surface area contributed by atoms with Crippen LogP contribution < -0.4 is 11.1 Å². The van der Waals surface area contributed by atoms with Crippen molar-refractivity contribution in [1.29, 1.82) is 0 Å². The van der Waals surface area contributed by atoms with E-state index in [1.54, 1.807) is 12.1 Å². The molecule has 0 bridgehead atoms. The number of rotatable bonds is 4. The van der Waals surface area contributed by atoms with E-state index in [-0.39, 0.29) is 11.9 Å². The lowest BCUT2D eigenvalue weighted by Gasteiger charge is -2.17. The molecule has 0 aliphatic carbocycles. The van der Waals surface area contributed by atoms with E-state index in [0.29, 0.717) is 10.0 Å². The van der Waals surface area contributed by atoms with E-state index in [2.05, 4.69) is 5.32 Å². The zero-order valence-electron chi connectivity index (χ0n) is 10.8. The second-order valence-corrected chi connectivity index (χ2v) is 6.19. The van der Waals surface area contributed by atoms with Crippen LogP contribution in [0.3, 0.4) is 0 Å². The van der Waals surface area contributed by atoms with E-state index >= 15 is 0 Å². The van der Waals surface area contributed by atoms with Crippen LogP contribution in [0.15, 0.2) is 35.7 Å². The maximum absolute atomic E-state index is 12.1. The summed E-state index contributed by atoms with van der Waals surface area (Å²) in [6.07, 6.45) is 0. The summed E-state index contributed by atoms with van der Waals surface area (Å²) < 4.78 is 0. The molecule has 2 rings (SSSR count). The van der Waals surface area contributed by atoms with Gasteiger partial charge in [-0.1, -0.05) is 35.3 Å². The van der Waals surface area contributed by atoms with Crippen molar-refractivity contribution in [2.45, 2.75) is 19.0 Å². The Kier molecular flexibility index (Phi) is 5.05. The van der Waals surface area contributed by atoms with Crippen LogP contribution in [0.2, 0.25) is 10.0 Å². The first kappa shape index (κ1) is 15.3. The maximum Gasteiger partial charge on any atom is 0.242 e. The van der Waals surface area contributed by atoms with Crippen molar-refractivity contribution in [1.82, 2.24) is 5.32 Å². The zero-order chi connectivity index (χ0) is 14.7. The molecule has 0 fully saturated rings. The van der Waals surface area contributed by atoms with Gasteiger partial charge in [-0.2, -0.15) is 0 Å². The number of carbonyl (C=O) groups excluding carboxylic acids is 1. The normalized spacial score (nSPS) is 13.8. The lowest BCUT2D eigenvalue weighted by Crippen LogP contribution is -2.35. The summed E-state index contributed by atoms with van der Waals surface area (Å²) in [6, 6.07) is 8.15. The van der Waals surface area contributed by atoms with E-state index in [4.69, 9.17) is 28.9 Å². The fraction of sp³-hybridized carbons (Fsp3) is 0.214. The van der Waals surface area contributed by atoms with Crippen molar-refractivity contribution in [2.24, 2.45) is 5.73 Å². The summed E-state index contributed by atoms with van der Waals surface area (Å²) >= 11 is 13.3. The van der Waals surface area contributed by atoms with Crippen LogP contribution >= 0.6 is 34.5 Å². The summed E-state index contributed by atoms with van der Waals surface area (Å²) in [4.78, 5) is 12.9. The number of amides is 1. The number of nitrogens with one attached hydrogen (secondary N) is 1. The topological polar surface area (TPSA) is 55.1 Å². The van der Waals surface area contributed by atoms with Crippen LogP contribution in [0.4, 0.5) is 0 Å². The molecule has 20 heavy (non-hydrogen) atoms. The Bertz CT molecular complexity index is 601. The Morgan fingerprint density at radius 1 is 1.30 bits per heavy atom. The lowest BCUT2D eigenvalue weighted by atomic mass is 10.1. The minimum absolute atomic E-state index is 0.191. The van der Waals surface area contributed by atoms with Gasteiger partial charge < -0.3 is 11.1 Å². The first-order valence-corrected chi connectivity index (χ1v) is 7.67. The Morgan fingerprint density at radius 3 is 2.65 bits per heavy atom. The minimum Gasteiger partial charge on any atom is -0.348 e. The molecule has 0 radical (unpaired) electrons. The van der Waals surface area contributed by atoms with Gasteiger partial charge in [0.15, 0.2) is 0 Å². The van der Waals surface area contributed by atoms with Gasteiger partial charge in [-0.3, -0.25) is 4.79 Å². The van der Waals surface area contributed by atoms with Crippen molar-refractivity contribution in [2.75, 3.05) is 0 Å². The predicted molar refractivity (Wildman–Crippen MR) is 84.3 cm³/mol. The molecule has 6 heteroatoms. The lowest BCUT2D eigenvalue weighted by molar-refractivity contribution is -0.123. The third-order valence-electron chi connectivity index (χ3n) is 2.93. The molecular weight excluding hydrogens is 315 g/mol. The zero-order valence-corrected chi connectivity index (χ0v) is 13.1. The average molecular weight is 329 g/mol. The van der Waals surface area contributed by atoms with Crippen LogP contribution in [0.5, 0.6) is 0 Å². The number of halogens is 2. The molecule has 1 aromatic carbocycles. The first-order valence-electron chi connectivity index (χ1n) is 6.03. The molecule has 0 aliphatic rings. The predicted octanol–water partition coefficient (Wildman–Crippen LogP) is 3.93. The van der Waals surface area contributed by atoms with Gasteiger partial charge in [-0.25, -0.2) is 0 Å². The maximum atomic E-state index is 12.1. The monoisotopic (exact) mass is 328 g/mol. The molecule has 3 nitrogen and oxygen atoms in total. The number of thiophene rings is 1. The number of hydrogen-bond donors (Lipinski definition) is 2. The number of benzene rings is 1. The molecule has 0 aliphatic heterocycles. The first-order chi connectivity index (χ1) is 9.49. The summed E-state index contributed by atoms with van der Waals surface area (Å²) in [5.74, 6) is -0.217. The van der Waals surface area contributed by atoms with Gasteiger partial charge in [0.2, 0.25) is 5.91 Å². The van der Waals surface area contributed by atoms with Crippen molar-refractivity contribution in [3.8, 4) is 0 Å². The SMILES string of the molecule is CC(NC(=O)C(N)c1cccs1)c1ccc(Cl)c(Cl)c1. The summed E-state index contributed by atoms with van der Waals surface area (Å²) in [6.45, 7) is 1.87. The molecule has 0 spiro atoms. The highest BCUT2D eigenvalue weighted by Gasteiger charge is 2.19. The number of carbonyl (C=O) groups is 1. The van der Waals surface area contributed by atoms with Crippen molar-refractivity contribution in [3.63, 3.8) is 0 Å². The van der Waals surface area contributed by atoms with Crippen LogP contribution in [0, 0.1) is 0 Å². The van der Waals surface area contributed by atoms with Gasteiger partial charge in [0.05, 0.1) is 16.1 Å². The Balaban J connectivity index is 2.05. The smallest absolute Gasteiger partial charge is 0.242 e. The van der Waals surface area contributed by atoms with Gasteiger partial charge in [0.25, 0.3) is 0 Å². The summed E-state index contributed by atoms with van der Waals surface area (Å²) in [7, 11) is 0. The fourth-order valence-electron chi connectivity index (χ4n) is 1.77. The Morgan fingerprint density at radius 2 is 2.05 bits per heavy atom. The standard InChI is InChI=1S/C14H14Cl2N2OS/c1-8(9-4-5-10(15)11(16)7-9)18-14(19)13(17)12-3-2-6-20-12/h2-8,13H,17H2,1H3,(H,18,19). The molecule has 2 atom stereocenters. The van der Waals surface area contributed by atoms with Gasteiger partial charge in [-0.05, 0) is 36.1 Å². The Labute approximate surface area is 131 Å².